The van der Waals surface area contributed by atoms with E-state index < -0.39 is 0 Å². The quantitative estimate of drug-likeness (QED) is 0.856. The third kappa shape index (κ3) is 3.83. The van der Waals surface area contributed by atoms with Crippen LogP contribution in [-0.4, -0.2) is 33.3 Å². The molecule has 3 nitrogen and oxygen atoms in total. The van der Waals surface area contributed by atoms with Gasteiger partial charge in [0.15, 0.2) is 11.6 Å². The molecule has 1 aromatic rings. The van der Waals surface area contributed by atoms with Gasteiger partial charge in [0, 0.05) is 25.3 Å². The van der Waals surface area contributed by atoms with Crippen LogP contribution in [0, 0.1) is 11.7 Å². The van der Waals surface area contributed by atoms with Gasteiger partial charge < -0.3 is 15.0 Å². The van der Waals surface area contributed by atoms with Crippen molar-refractivity contribution in [2.24, 2.45) is 5.92 Å². The molecule has 0 aromatic heterocycles. The molecule has 106 valence electrons. The Labute approximate surface area is 114 Å². The molecule has 0 bridgehead atoms. The highest BCUT2D eigenvalue weighted by atomic mass is 19.1. The number of anilines is 1. The zero-order chi connectivity index (χ0) is 13.7. The Kier molecular flexibility index (Phi) is 5.02. The van der Waals surface area contributed by atoms with Crippen molar-refractivity contribution in [1.82, 2.24) is 5.32 Å². The van der Waals surface area contributed by atoms with E-state index in [1.54, 1.807) is 12.1 Å². The van der Waals surface area contributed by atoms with Crippen LogP contribution in [0.25, 0.3) is 0 Å². The van der Waals surface area contributed by atoms with Crippen molar-refractivity contribution < 1.29 is 9.13 Å². The Balaban J connectivity index is 1.90. The first-order chi connectivity index (χ1) is 9.20. The highest BCUT2D eigenvalue weighted by Crippen LogP contribution is 2.24. The molecule has 1 N–H and O–H groups in total. The molecular weight excluding hydrogens is 243 g/mol. The second kappa shape index (κ2) is 6.75. The summed E-state index contributed by atoms with van der Waals surface area (Å²) < 4.78 is 19.0. The SMILES string of the molecule is CCOc1ccc(N(C)CCC2CCNC2)cc1F. The first kappa shape index (κ1) is 14.1. The van der Waals surface area contributed by atoms with Crippen molar-refractivity contribution in [3.8, 4) is 5.75 Å². The molecule has 0 amide bonds. The Morgan fingerprint density at radius 3 is 2.95 bits per heavy atom. The topological polar surface area (TPSA) is 24.5 Å². The van der Waals surface area contributed by atoms with Crippen LogP contribution >= 0.6 is 0 Å². The molecule has 1 aliphatic rings. The number of ether oxygens (including phenoxy) is 1. The monoisotopic (exact) mass is 266 g/mol. The Morgan fingerprint density at radius 1 is 1.47 bits per heavy atom. The van der Waals surface area contributed by atoms with Gasteiger partial charge in [0.1, 0.15) is 0 Å². The molecule has 1 fully saturated rings. The van der Waals surface area contributed by atoms with E-state index in [0.29, 0.717) is 12.4 Å². The molecule has 1 atom stereocenters. The lowest BCUT2D eigenvalue weighted by Crippen LogP contribution is -2.22. The van der Waals surface area contributed by atoms with E-state index in [0.717, 1.165) is 37.7 Å². The molecule has 0 saturated carbocycles. The highest BCUT2D eigenvalue weighted by molar-refractivity contribution is 5.49. The lowest BCUT2D eigenvalue weighted by atomic mass is 10.0. The Bertz CT molecular complexity index is 405. The van der Waals surface area contributed by atoms with Crippen LogP contribution in [-0.2, 0) is 0 Å². The van der Waals surface area contributed by atoms with Gasteiger partial charge in [0.05, 0.1) is 6.61 Å². The zero-order valence-corrected chi connectivity index (χ0v) is 11.8. The van der Waals surface area contributed by atoms with Crippen LogP contribution in [0.1, 0.15) is 19.8 Å². The molecule has 0 radical (unpaired) electrons. The Hall–Kier alpha value is -1.29. The number of nitrogens with one attached hydrogen (secondary N) is 1. The summed E-state index contributed by atoms with van der Waals surface area (Å²) in [6.07, 6.45) is 2.41. The summed E-state index contributed by atoms with van der Waals surface area (Å²) in [5.74, 6) is 0.809. The molecule has 1 saturated heterocycles. The second-order valence-corrected chi connectivity index (χ2v) is 5.12. The second-order valence-electron chi connectivity index (χ2n) is 5.12. The minimum atomic E-state index is -0.284. The molecule has 4 heteroatoms. The van der Waals surface area contributed by atoms with Crippen molar-refractivity contribution in [2.45, 2.75) is 19.8 Å². The minimum absolute atomic E-state index is 0.284. The lowest BCUT2D eigenvalue weighted by molar-refractivity contribution is 0.321. The fourth-order valence-corrected chi connectivity index (χ4v) is 2.47. The third-order valence-electron chi connectivity index (χ3n) is 3.69. The largest absolute Gasteiger partial charge is 0.491 e. The van der Waals surface area contributed by atoms with Crippen molar-refractivity contribution in [3.63, 3.8) is 0 Å². The van der Waals surface area contributed by atoms with Gasteiger partial charge >= 0.3 is 0 Å². The summed E-state index contributed by atoms with van der Waals surface area (Å²) in [5.41, 5.74) is 0.909. The number of benzene rings is 1. The van der Waals surface area contributed by atoms with Crippen LogP contribution in [0.4, 0.5) is 10.1 Å². The fourth-order valence-electron chi connectivity index (χ4n) is 2.47. The molecular formula is C15H23FN2O. The van der Waals surface area contributed by atoms with Crippen LogP contribution < -0.4 is 15.0 Å². The summed E-state index contributed by atoms with van der Waals surface area (Å²) in [6, 6.07) is 5.18. The maximum Gasteiger partial charge on any atom is 0.167 e. The molecule has 1 aromatic carbocycles. The van der Waals surface area contributed by atoms with Gasteiger partial charge in [0.2, 0.25) is 0 Å². The molecule has 2 rings (SSSR count). The Morgan fingerprint density at radius 2 is 2.32 bits per heavy atom. The van der Waals surface area contributed by atoms with Gasteiger partial charge in [-0.25, -0.2) is 4.39 Å². The average Bonchev–Trinajstić information content (AvgIpc) is 2.91. The lowest BCUT2D eigenvalue weighted by Gasteiger charge is -2.21. The van der Waals surface area contributed by atoms with Gasteiger partial charge in [-0.2, -0.15) is 0 Å². The molecule has 1 aliphatic heterocycles. The number of hydrogen-bond donors (Lipinski definition) is 1. The van der Waals surface area contributed by atoms with Gasteiger partial charge in [-0.15, -0.1) is 0 Å². The number of rotatable bonds is 6. The van der Waals surface area contributed by atoms with E-state index in [2.05, 4.69) is 10.2 Å². The smallest absolute Gasteiger partial charge is 0.167 e. The number of hydrogen-bond acceptors (Lipinski definition) is 3. The van der Waals surface area contributed by atoms with E-state index in [1.807, 2.05) is 20.0 Å². The zero-order valence-electron chi connectivity index (χ0n) is 11.8. The first-order valence-electron chi connectivity index (χ1n) is 7.05. The summed E-state index contributed by atoms with van der Waals surface area (Å²) in [6.45, 7) is 5.55. The summed E-state index contributed by atoms with van der Waals surface area (Å²) in [4.78, 5) is 2.11. The average molecular weight is 266 g/mol. The van der Waals surface area contributed by atoms with Crippen molar-refractivity contribution in [1.29, 1.82) is 0 Å². The van der Waals surface area contributed by atoms with Gasteiger partial charge in [-0.3, -0.25) is 0 Å². The normalized spacial score (nSPS) is 18.6. The van der Waals surface area contributed by atoms with Crippen molar-refractivity contribution >= 4 is 5.69 Å². The fraction of sp³-hybridized carbons (Fsp3) is 0.600. The maximum atomic E-state index is 13.8. The molecule has 1 heterocycles. The third-order valence-corrected chi connectivity index (χ3v) is 3.69. The van der Waals surface area contributed by atoms with Gasteiger partial charge in [-0.05, 0) is 50.9 Å². The standard InChI is InChI=1S/C15H23FN2O/c1-3-19-15-5-4-13(10-14(15)16)18(2)9-7-12-6-8-17-11-12/h4-5,10,12,17H,3,6-9,11H2,1-2H3. The summed E-state index contributed by atoms with van der Waals surface area (Å²) >= 11 is 0. The first-order valence-corrected chi connectivity index (χ1v) is 7.05. The van der Waals surface area contributed by atoms with Gasteiger partial charge in [-0.1, -0.05) is 0 Å². The van der Waals surface area contributed by atoms with Crippen molar-refractivity contribution in [3.05, 3.63) is 24.0 Å². The van der Waals surface area contributed by atoms with E-state index >= 15 is 0 Å². The predicted octanol–water partition coefficient (Wildman–Crippen LogP) is 2.66. The van der Waals surface area contributed by atoms with Crippen LogP contribution in [0.3, 0.4) is 0 Å². The van der Waals surface area contributed by atoms with E-state index in [-0.39, 0.29) is 5.82 Å². The van der Waals surface area contributed by atoms with E-state index in [9.17, 15) is 4.39 Å². The minimum Gasteiger partial charge on any atom is -0.491 e. The van der Waals surface area contributed by atoms with Crippen LogP contribution in [0.2, 0.25) is 0 Å². The van der Waals surface area contributed by atoms with E-state index in [4.69, 9.17) is 4.74 Å². The van der Waals surface area contributed by atoms with Gasteiger partial charge in [0.25, 0.3) is 0 Å². The maximum absolute atomic E-state index is 13.8. The van der Waals surface area contributed by atoms with Crippen LogP contribution in [0.5, 0.6) is 5.75 Å². The van der Waals surface area contributed by atoms with Crippen LogP contribution in [0.15, 0.2) is 18.2 Å². The van der Waals surface area contributed by atoms with Crippen molar-refractivity contribution in [2.75, 3.05) is 38.2 Å². The summed E-state index contributed by atoms with van der Waals surface area (Å²) in [5, 5.41) is 3.37. The summed E-state index contributed by atoms with van der Waals surface area (Å²) in [7, 11) is 2.01. The molecule has 0 spiro atoms. The van der Waals surface area contributed by atoms with E-state index in [1.165, 1.54) is 6.42 Å². The predicted molar refractivity (Wildman–Crippen MR) is 76.4 cm³/mol. The number of halogens is 1. The molecule has 0 aliphatic carbocycles. The number of nitrogens with zero attached hydrogens (tertiary/aromatic N) is 1. The highest BCUT2D eigenvalue weighted by Gasteiger charge is 2.15. The molecule has 19 heavy (non-hydrogen) atoms. The molecule has 1 unspecified atom stereocenters.